The lowest BCUT2D eigenvalue weighted by Crippen LogP contribution is -2.40. The van der Waals surface area contributed by atoms with Crippen LogP contribution < -0.4 is 21.7 Å². The third kappa shape index (κ3) is 3.60. The van der Waals surface area contributed by atoms with E-state index in [0.29, 0.717) is 10.6 Å². The Labute approximate surface area is 200 Å². The van der Waals surface area contributed by atoms with E-state index >= 15 is 0 Å². The highest BCUT2D eigenvalue weighted by molar-refractivity contribution is 7.29. The van der Waals surface area contributed by atoms with Gasteiger partial charge in [-0.1, -0.05) is 6.07 Å². The van der Waals surface area contributed by atoms with Gasteiger partial charge in [-0.2, -0.15) is 0 Å². The number of nitrogen functional groups attached to an aromatic ring is 1. The van der Waals surface area contributed by atoms with Gasteiger partial charge in [-0.25, -0.2) is 9.97 Å². The van der Waals surface area contributed by atoms with Gasteiger partial charge in [-0.15, -0.1) is 22.7 Å². The second-order valence-electron chi connectivity index (χ2n) is 9.55. The molecule has 8 nitrogen and oxygen atoms in total. The molecule has 174 valence electrons. The van der Waals surface area contributed by atoms with Gasteiger partial charge in [0.2, 0.25) is 0 Å². The molecule has 3 unspecified atom stereocenters. The van der Waals surface area contributed by atoms with Crippen LogP contribution in [0, 0.1) is 12.3 Å². The molecule has 6 rings (SSSR count). The van der Waals surface area contributed by atoms with Crippen molar-refractivity contribution >= 4 is 49.6 Å². The van der Waals surface area contributed by atoms with Crippen LogP contribution in [-0.4, -0.2) is 54.3 Å². The topological polar surface area (TPSA) is 119 Å². The van der Waals surface area contributed by atoms with Crippen molar-refractivity contribution in [2.75, 3.05) is 36.9 Å². The molecular formula is C23H28N6O2S2. The highest BCUT2D eigenvalue weighted by Crippen LogP contribution is 2.40. The molecule has 0 aromatic carbocycles. The summed E-state index contributed by atoms with van der Waals surface area (Å²) >= 11 is 2.92. The zero-order valence-corrected chi connectivity index (χ0v) is 20.2. The predicted octanol–water partition coefficient (Wildman–Crippen LogP) is 2.48. The summed E-state index contributed by atoms with van der Waals surface area (Å²) in [5.41, 5.74) is 15.7. The maximum absolute atomic E-state index is 12.9. The summed E-state index contributed by atoms with van der Waals surface area (Å²) in [4.78, 5) is 26.1. The molecule has 2 saturated heterocycles. The molecule has 5 heterocycles. The van der Waals surface area contributed by atoms with Crippen LogP contribution in [0.2, 0.25) is 0 Å². The highest BCUT2D eigenvalue weighted by Gasteiger charge is 2.47. The van der Waals surface area contributed by atoms with Crippen LogP contribution >= 0.6 is 22.7 Å². The number of anilines is 2. The van der Waals surface area contributed by atoms with Crippen molar-refractivity contribution < 1.29 is 9.53 Å². The first-order valence-electron chi connectivity index (χ1n) is 11.5. The average molecular weight is 485 g/mol. The van der Waals surface area contributed by atoms with E-state index in [4.69, 9.17) is 21.2 Å². The molecule has 2 fully saturated rings. The second kappa shape index (κ2) is 7.90. The van der Waals surface area contributed by atoms with Gasteiger partial charge in [-0.05, 0) is 44.2 Å². The second-order valence-corrected chi connectivity index (χ2v) is 11.8. The van der Waals surface area contributed by atoms with Gasteiger partial charge in [0, 0.05) is 42.9 Å². The zero-order chi connectivity index (χ0) is 22.7. The predicted molar refractivity (Wildman–Crippen MR) is 132 cm³/mol. The van der Waals surface area contributed by atoms with Gasteiger partial charge in [0.1, 0.15) is 15.5 Å². The normalized spacial score (nSPS) is 26.9. The van der Waals surface area contributed by atoms with E-state index in [1.54, 1.807) is 0 Å². The molecule has 3 aromatic heterocycles. The first kappa shape index (κ1) is 21.3. The van der Waals surface area contributed by atoms with Crippen LogP contribution in [0.1, 0.15) is 38.8 Å². The first-order valence-corrected chi connectivity index (χ1v) is 13.1. The maximum Gasteiger partial charge on any atom is 0.263 e. The quantitative estimate of drug-likeness (QED) is 0.522. The number of aromatic nitrogens is 2. The number of thiophene rings is 1. The third-order valence-electron chi connectivity index (χ3n) is 7.35. The van der Waals surface area contributed by atoms with Crippen molar-refractivity contribution in [3.8, 4) is 0 Å². The van der Waals surface area contributed by atoms with Crippen LogP contribution in [0.4, 0.5) is 11.5 Å². The van der Waals surface area contributed by atoms with Gasteiger partial charge in [0.05, 0.1) is 22.0 Å². The third-order valence-corrected chi connectivity index (χ3v) is 9.58. The maximum atomic E-state index is 12.9. The summed E-state index contributed by atoms with van der Waals surface area (Å²) < 4.78 is 6.57. The van der Waals surface area contributed by atoms with Gasteiger partial charge in [0.25, 0.3) is 5.91 Å². The molecule has 3 aromatic rings. The van der Waals surface area contributed by atoms with E-state index in [0.717, 1.165) is 78.0 Å². The number of nitrogens with one attached hydrogen (secondary N) is 1. The molecule has 1 spiro atoms. The van der Waals surface area contributed by atoms with Crippen LogP contribution in [-0.2, 0) is 17.6 Å². The summed E-state index contributed by atoms with van der Waals surface area (Å²) in [7, 11) is 0. The number of thiazole rings is 1. The van der Waals surface area contributed by atoms with Crippen LogP contribution in [0.3, 0.4) is 0 Å². The molecule has 0 saturated carbocycles. The zero-order valence-electron chi connectivity index (χ0n) is 18.6. The highest BCUT2D eigenvalue weighted by atomic mass is 32.1. The van der Waals surface area contributed by atoms with E-state index in [9.17, 15) is 4.79 Å². The Bertz CT molecular complexity index is 1230. The molecule has 3 atom stereocenters. The minimum absolute atomic E-state index is 0.0688. The number of amides is 1. The largest absolute Gasteiger partial charge is 0.396 e. The molecule has 33 heavy (non-hydrogen) atoms. The van der Waals surface area contributed by atoms with Crippen molar-refractivity contribution in [2.45, 2.75) is 44.7 Å². The number of nitrogens with zero attached hydrogens (tertiary/aromatic N) is 3. The Hall–Kier alpha value is -2.27. The van der Waals surface area contributed by atoms with Crippen molar-refractivity contribution in [2.24, 2.45) is 11.1 Å². The number of carbonyl (C=O) groups is 1. The number of fused-ring (bicyclic) bond motifs is 2. The van der Waals surface area contributed by atoms with E-state index in [1.165, 1.54) is 28.2 Å². The van der Waals surface area contributed by atoms with E-state index in [-0.39, 0.29) is 23.4 Å². The van der Waals surface area contributed by atoms with Crippen molar-refractivity contribution in [1.82, 2.24) is 15.3 Å². The van der Waals surface area contributed by atoms with Gasteiger partial charge >= 0.3 is 0 Å². The van der Waals surface area contributed by atoms with Crippen molar-refractivity contribution in [3.63, 3.8) is 0 Å². The summed E-state index contributed by atoms with van der Waals surface area (Å²) in [6, 6.07) is 4.46. The number of hydrogen-bond donors (Lipinski definition) is 3. The average Bonchev–Trinajstić information content (AvgIpc) is 3.55. The lowest BCUT2D eigenvalue weighted by molar-refractivity contribution is 0.0938. The van der Waals surface area contributed by atoms with Crippen molar-refractivity contribution in [3.05, 3.63) is 33.3 Å². The molecular weight excluding hydrogens is 456 g/mol. The minimum atomic E-state index is -0.103. The molecule has 10 heteroatoms. The minimum Gasteiger partial charge on any atom is -0.396 e. The lowest BCUT2D eigenvalue weighted by Gasteiger charge is -2.27. The molecule has 3 aliphatic rings. The van der Waals surface area contributed by atoms with Crippen LogP contribution in [0.15, 0.2) is 12.1 Å². The standard InChI is InChI=1S/C23H28N6O2S2/c1-12-26-22-20(32-12)18(25)19(33-22)21(30)27-14-3-4-15-13(8-14)2-5-17(28-15)29-9-16(24)23(10-29)6-7-31-11-23/h2,5,14,16H,3-4,6-11,24-25H2,1H3,(H,27,30). The fourth-order valence-corrected chi connectivity index (χ4v) is 7.52. The number of hydrogen-bond acceptors (Lipinski definition) is 9. The number of rotatable bonds is 3. The lowest BCUT2D eigenvalue weighted by atomic mass is 9.83. The number of carbonyl (C=O) groups excluding carboxylic acids is 1. The smallest absolute Gasteiger partial charge is 0.263 e. The molecule has 0 radical (unpaired) electrons. The van der Waals surface area contributed by atoms with Gasteiger partial charge < -0.3 is 26.4 Å². The fourth-order valence-electron chi connectivity index (χ4n) is 5.43. The molecule has 0 bridgehead atoms. The molecule has 5 N–H and O–H groups in total. The Morgan fingerprint density at radius 1 is 1.33 bits per heavy atom. The summed E-state index contributed by atoms with van der Waals surface area (Å²) in [5, 5.41) is 4.16. The van der Waals surface area contributed by atoms with Gasteiger partial charge in [-0.3, -0.25) is 4.79 Å². The Balaban J connectivity index is 1.14. The first-order chi connectivity index (χ1) is 15.9. The van der Waals surface area contributed by atoms with Crippen molar-refractivity contribution in [1.29, 1.82) is 0 Å². The molecule has 1 aliphatic carbocycles. The van der Waals surface area contributed by atoms with Gasteiger partial charge in [0.15, 0.2) is 0 Å². The number of nitrogens with two attached hydrogens (primary N) is 2. The van der Waals surface area contributed by atoms with E-state index in [1.807, 2.05) is 6.92 Å². The molecule has 2 aliphatic heterocycles. The van der Waals surface area contributed by atoms with E-state index < -0.39 is 0 Å². The SMILES string of the molecule is Cc1nc2sc(C(=O)NC3CCc4nc(N5CC(N)C6(CCOC6)C5)ccc4C3)c(N)c2s1. The summed E-state index contributed by atoms with van der Waals surface area (Å²) in [6.45, 7) is 5.24. The van der Waals surface area contributed by atoms with E-state index in [2.05, 4.69) is 27.3 Å². The summed E-state index contributed by atoms with van der Waals surface area (Å²) in [5.74, 6) is 0.901. The summed E-state index contributed by atoms with van der Waals surface area (Å²) in [6.07, 6.45) is 3.52. The van der Waals surface area contributed by atoms with Crippen LogP contribution in [0.25, 0.3) is 9.53 Å². The van der Waals surface area contributed by atoms with Crippen LogP contribution in [0.5, 0.6) is 0 Å². The Kier molecular flexibility index (Phi) is 5.09. The monoisotopic (exact) mass is 484 g/mol. The number of ether oxygens (including phenoxy) is 1. The number of aryl methyl sites for hydroxylation is 2. The number of pyridine rings is 1. The molecule has 1 amide bonds. The Morgan fingerprint density at radius 2 is 2.21 bits per heavy atom. The Morgan fingerprint density at radius 3 is 3.00 bits per heavy atom. The fraction of sp³-hybridized carbons (Fsp3) is 0.522.